The summed E-state index contributed by atoms with van der Waals surface area (Å²) in [7, 11) is 0. The van der Waals surface area contributed by atoms with E-state index in [1.807, 2.05) is 24.4 Å². The van der Waals surface area contributed by atoms with Crippen LogP contribution in [0.15, 0.2) is 30.5 Å². The van der Waals surface area contributed by atoms with Gasteiger partial charge in [-0.25, -0.2) is 9.78 Å². The van der Waals surface area contributed by atoms with Gasteiger partial charge in [0.15, 0.2) is 11.8 Å². The van der Waals surface area contributed by atoms with E-state index in [1.54, 1.807) is 15.4 Å². The molecule has 1 aliphatic heterocycles. The van der Waals surface area contributed by atoms with Gasteiger partial charge in [0.2, 0.25) is 0 Å². The van der Waals surface area contributed by atoms with Crippen LogP contribution >= 0.6 is 11.6 Å². The van der Waals surface area contributed by atoms with Gasteiger partial charge in [0.1, 0.15) is 5.65 Å². The summed E-state index contributed by atoms with van der Waals surface area (Å²) in [6.07, 6.45) is 8.92. The third kappa shape index (κ3) is 4.39. The Hall–Kier alpha value is -2.34. The molecule has 0 bridgehead atoms. The average molecular weight is 362 g/mol. The maximum Gasteiger partial charge on any atom is 0.331 e. The Morgan fingerprint density at radius 1 is 1.20 bits per heavy atom. The summed E-state index contributed by atoms with van der Waals surface area (Å²) < 4.78 is 6.83. The van der Waals surface area contributed by atoms with Gasteiger partial charge >= 0.3 is 5.97 Å². The molecule has 0 spiro atoms. The first-order chi connectivity index (χ1) is 12.1. The number of carbonyl (C=O) groups excluding carboxylic acids is 2. The topological polar surface area (TPSA) is 63.9 Å². The number of hydrogen-bond donors (Lipinski definition) is 0. The van der Waals surface area contributed by atoms with Gasteiger partial charge < -0.3 is 9.64 Å². The summed E-state index contributed by atoms with van der Waals surface area (Å²) in [4.78, 5) is 30.0. The molecular formula is C18H20ClN3O3. The number of halogens is 1. The summed E-state index contributed by atoms with van der Waals surface area (Å²) in [5, 5.41) is 0.302. The molecule has 0 aliphatic carbocycles. The largest absolute Gasteiger partial charge is 0.452 e. The van der Waals surface area contributed by atoms with Gasteiger partial charge in [0.05, 0.1) is 5.69 Å². The highest BCUT2D eigenvalue weighted by Gasteiger charge is 2.16. The Balaban J connectivity index is 1.57. The standard InChI is InChI=1S/C18H20ClN3O3/c19-18-14(22-12-6-3-7-15(22)20-18)8-9-17(24)25-13-16(23)21-10-4-1-2-5-11-21/h3,6-9,12H,1-2,4-5,10-11,13H2/b9-8+. The number of imidazole rings is 1. The highest BCUT2D eigenvalue weighted by Crippen LogP contribution is 2.18. The van der Waals surface area contributed by atoms with Gasteiger partial charge in [-0.1, -0.05) is 30.5 Å². The predicted octanol–water partition coefficient (Wildman–Crippen LogP) is 2.95. The fraction of sp³-hybridized carbons (Fsp3) is 0.389. The number of aromatic nitrogens is 2. The Morgan fingerprint density at radius 3 is 2.72 bits per heavy atom. The number of rotatable bonds is 4. The van der Waals surface area contributed by atoms with E-state index in [9.17, 15) is 9.59 Å². The lowest BCUT2D eigenvalue weighted by molar-refractivity contribution is -0.148. The molecule has 1 saturated heterocycles. The van der Waals surface area contributed by atoms with E-state index in [0.29, 0.717) is 16.5 Å². The minimum absolute atomic E-state index is 0.142. The van der Waals surface area contributed by atoms with Gasteiger partial charge in [-0.3, -0.25) is 9.20 Å². The molecule has 2 aromatic rings. The Morgan fingerprint density at radius 2 is 1.96 bits per heavy atom. The second kappa shape index (κ2) is 8.16. The molecule has 3 heterocycles. The monoisotopic (exact) mass is 361 g/mol. The van der Waals surface area contributed by atoms with Crippen molar-refractivity contribution in [2.24, 2.45) is 0 Å². The van der Waals surface area contributed by atoms with E-state index in [2.05, 4.69) is 4.98 Å². The van der Waals surface area contributed by atoms with Crippen LogP contribution in [0, 0.1) is 0 Å². The number of pyridine rings is 1. The van der Waals surface area contributed by atoms with Crippen molar-refractivity contribution in [1.29, 1.82) is 0 Å². The number of carbonyl (C=O) groups is 2. The molecule has 7 heteroatoms. The average Bonchev–Trinajstić information content (AvgIpc) is 2.79. The van der Waals surface area contributed by atoms with Crippen molar-refractivity contribution in [3.8, 4) is 0 Å². The number of hydrogen-bond acceptors (Lipinski definition) is 4. The first-order valence-corrected chi connectivity index (χ1v) is 8.78. The maximum atomic E-state index is 12.1. The fourth-order valence-corrected chi connectivity index (χ4v) is 3.12. The highest BCUT2D eigenvalue weighted by atomic mass is 35.5. The first-order valence-electron chi connectivity index (χ1n) is 8.40. The first kappa shape index (κ1) is 17.5. The zero-order chi connectivity index (χ0) is 17.6. The summed E-state index contributed by atoms with van der Waals surface area (Å²) in [6.45, 7) is 1.25. The second-order valence-corrected chi connectivity index (χ2v) is 6.31. The van der Waals surface area contributed by atoms with Crippen LogP contribution < -0.4 is 0 Å². The molecule has 25 heavy (non-hydrogen) atoms. The molecule has 132 valence electrons. The molecule has 0 saturated carbocycles. The smallest absolute Gasteiger partial charge is 0.331 e. The quantitative estimate of drug-likeness (QED) is 0.620. The van der Waals surface area contributed by atoms with E-state index in [0.717, 1.165) is 38.8 Å². The Kier molecular flexibility index (Phi) is 5.71. The molecule has 1 fully saturated rings. The molecule has 6 nitrogen and oxygen atoms in total. The van der Waals surface area contributed by atoms with Crippen LogP contribution in [0.4, 0.5) is 0 Å². The highest BCUT2D eigenvalue weighted by molar-refractivity contribution is 6.31. The maximum absolute atomic E-state index is 12.1. The van der Waals surface area contributed by atoms with Crippen molar-refractivity contribution in [3.63, 3.8) is 0 Å². The summed E-state index contributed by atoms with van der Waals surface area (Å²) in [5.74, 6) is -0.721. The van der Waals surface area contributed by atoms with E-state index >= 15 is 0 Å². The van der Waals surface area contributed by atoms with Gasteiger partial charge in [-0.2, -0.15) is 0 Å². The van der Waals surface area contributed by atoms with Crippen LogP contribution in [0.1, 0.15) is 31.4 Å². The molecule has 1 amide bonds. The number of fused-ring (bicyclic) bond motifs is 1. The van der Waals surface area contributed by atoms with Crippen molar-refractivity contribution < 1.29 is 14.3 Å². The predicted molar refractivity (Wildman–Crippen MR) is 95.2 cm³/mol. The molecule has 0 unspecified atom stereocenters. The van der Waals surface area contributed by atoms with E-state index in [4.69, 9.17) is 16.3 Å². The van der Waals surface area contributed by atoms with Gasteiger partial charge in [0, 0.05) is 25.4 Å². The number of ether oxygens (including phenoxy) is 1. The molecule has 0 aromatic carbocycles. The Labute approximate surface area is 151 Å². The van der Waals surface area contributed by atoms with Gasteiger partial charge in [-0.05, 0) is 31.1 Å². The zero-order valence-electron chi connectivity index (χ0n) is 13.9. The van der Waals surface area contributed by atoms with Crippen molar-refractivity contribution in [2.45, 2.75) is 25.7 Å². The van der Waals surface area contributed by atoms with Gasteiger partial charge in [0.25, 0.3) is 5.91 Å². The molecule has 1 aliphatic rings. The molecule has 0 atom stereocenters. The van der Waals surface area contributed by atoms with Crippen LogP contribution in [0.2, 0.25) is 5.15 Å². The summed E-state index contributed by atoms with van der Waals surface area (Å²) in [5.41, 5.74) is 1.28. The fourth-order valence-electron chi connectivity index (χ4n) is 2.87. The van der Waals surface area contributed by atoms with E-state index in [-0.39, 0.29) is 12.5 Å². The SMILES string of the molecule is O=C(/C=C/c1c(Cl)nc2ccccn12)OCC(=O)N1CCCCCC1. The molecule has 2 aromatic heterocycles. The second-order valence-electron chi connectivity index (χ2n) is 5.95. The zero-order valence-corrected chi connectivity index (χ0v) is 14.6. The van der Waals surface area contributed by atoms with Gasteiger partial charge in [-0.15, -0.1) is 0 Å². The third-order valence-electron chi connectivity index (χ3n) is 4.20. The minimum atomic E-state index is -0.579. The van der Waals surface area contributed by atoms with Crippen LogP contribution in [0.25, 0.3) is 11.7 Å². The van der Waals surface area contributed by atoms with Crippen molar-refractivity contribution in [1.82, 2.24) is 14.3 Å². The van der Waals surface area contributed by atoms with Crippen LogP contribution in [0.5, 0.6) is 0 Å². The molecule has 0 radical (unpaired) electrons. The Bertz CT molecular complexity index is 792. The summed E-state index contributed by atoms with van der Waals surface area (Å²) >= 11 is 6.10. The molecular weight excluding hydrogens is 342 g/mol. The molecule has 3 rings (SSSR count). The lowest BCUT2D eigenvalue weighted by Gasteiger charge is -2.19. The van der Waals surface area contributed by atoms with E-state index < -0.39 is 5.97 Å². The third-order valence-corrected chi connectivity index (χ3v) is 4.47. The normalized spacial score (nSPS) is 15.5. The lowest BCUT2D eigenvalue weighted by atomic mass is 10.2. The van der Waals surface area contributed by atoms with Crippen molar-refractivity contribution in [3.05, 3.63) is 41.3 Å². The van der Waals surface area contributed by atoms with Crippen LogP contribution in [-0.2, 0) is 14.3 Å². The number of esters is 1. The minimum Gasteiger partial charge on any atom is -0.452 e. The van der Waals surface area contributed by atoms with Crippen molar-refractivity contribution >= 4 is 35.2 Å². The number of amides is 1. The van der Waals surface area contributed by atoms with E-state index in [1.165, 1.54) is 6.08 Å². The van der Waals surface area contributed by atoms with Crippen LogP contribution in [0.3, 0.4) is 0 Å². The number of nitrogens with zero attached hydrogens (tertiary/aromatic N) is 3. The van der Waals surface area contributed by atoms with Crippen molar-refractivity contribution in [2.75, 3.05) is 19.7 Å². The van der Waals surface area contributed by atoms with Crippen LogP contribution in [-0.4, -0.2) is 45.9 Å². The molecule has 0 N–H and O–H groups in total. The summed E-state index contributed by atoms with van der Waals surface area (Å²) in [6, 6.07) is 5.52. The lowest BCUT2D eigenvalue weighted by Crippen LogP contribution is -2.35. The number of likely N-dealkylation sites (tertiary alicyclic amines) is 1.